The number of carbonyl (C=O) groups excluding carboxylic acids is 2. The molecule has 2 aromatic heterocycles. The number of thiophene rings is 1. The van der Waals surface area contributed by atoms with E-state index in [1.165, 1.54) is 16.9 Å². The molecule has 1 saturated heterocycles. The number of piperidine rings is 1. The Morgan fingerprint density at radius 1 is 1.20 bits per heavy atom. The van der Waals surface area contributed by atoms with Crippen molar-refractivity contribution in [1.29, 1.82) is 0 Å². The predicted molar refractivity (Wildman–Crippen MR) is 116 cm³/mol. The predicted octanol–water partition coefficient (Wildman–Crippen LogP) is 3.58. The summed E-state index contributed by atoms with van der Waals surface area (Å²) >= 11 is 1.47. The van der Waals surface area contributed by atoms with E-state index in [1.54, 1.807) is 28.5 Å². The maximum absolute atomic E-state index is 12.6. The fourth-order valence-electron chi connectivity index (χ4n) is 3.38. The van der Waals surface area contributed by atoms with Crippen LogP contribution < -0.4 is 10.1 Å². The van der Waals surface area contributed by atoms with Gasteiger partial charge in [-0.25, -0.2) is 0 Å². The van der Waals surface area contributed by atoms with E-state index in [1.807, 2.05) is 41.5 Å². The highest BCUT2D eigenvalue weighted by Crippen LogP contribution is 2.20. The summed E-state index contributed by atoms with van der Waals surface area (Å²) in [5, 5.41) is 10.6. The zero-order chi connectivity index (χ0) is 20.9. The topological polar surface area (TPSA) is 76.5 Å². The van der Waals surface area contributed by atoms with Crippen LogP contribution >= 0.6 is 11.3 Å². The number of aryl methyl sites for hydroxylation is 1. The van der Waals surface area contributed by atoms with Gasteiger partial charge in [-0.15, -0.1) is 0 Å². The maximum atomic E-state index is 12.6. The van der Waals surface area contributed by atoms with Gasteiger partial charge in [0.05, 0.1) is 17.4 Å². The minimum absolute atomic E-state index is 0.0163. The second kappa shape index (κ2) is 9.13. The third kappa shape index (κ3) is 5.07. The van der Waals surface area contributed by atoms with E-state index in [4.69, 9.17) is 4.74 Å². The van der Waals surface area contributed by atoms with Crippen molar-refractivity contribution in [2.45, 2.75) is 32.4 Å². The van der Waals surface area contributed by atoms with Crippen LogP contribution in [-0.4, -0.2) is 45.7 Å². The first kappa shape index (κ1) is 20.2. The molecule has 0 bridgehead atoms. The van der Waals surface area contributed by atoms with Gasteiger partial charge < -0.3 is 15.0 Å². The molecule has 1 aliphatic heterocycles. The monoisotopic (exact) mass is 424 g/mol. The van der Waals surface area contributed by atoms with Crippen LogP contribution in [0, 0.1) is 6.92 Å². The maximum Gasteiger partial charge on any atom is 0.256 e. The Morgan fingerprint density at radius 3 is 2.67 bits per heavy atom. The molecular formula is C22H24N4O3S. The van der Waals surface area contributed by atoms with Crippen molar-refractivity contribution in [1.82, 2.24) is 14.7 Å². The van der Waals surface area contributed by atoms with Gasteiger partial charge in [-0.2, -0.15) is 16.4 Å². The number of rotatable bonds is 6. The van der Waals surface area contributed by atoms with Gasteiger partial charge in [-0.3, -0.25) is 14.3 Å². The second-order valence-electron chi connectivity index (χ2n) is 7.40. The van der Waals surface area contributed by atoms with Crippen molar-refractivity contribution >= 4 is 28.8 Å². The fraction of sp³-hybridized carbons (Fsp3) is 0.318. The number of hydrogen-bond acceptors (Lipinski definition) is 5. The summed E-state index contributed by atoms with van der Waals surface area (Å²) < 4.78 is 7.59. The molecule has 1 fully saturated rings. The lowest BCUT2D eigenvalue weighted by Gasteiger charge is -2.32. The molecule has 2 amide bonds. The van der Waals surface area contributed by atoms with Gasteiger partial charge in [0.1, 0.15) is 18.4 Å². The molecule has 0 atom stereocenters. The van der Waals surface area contributed by atoms with Gasteiger partial charge in [-0.05, 0) is 30.5 Å². The van der Waals surface area contributed by atoms with Crippen LogP contribution in [0.15, 0.2) is 53.5 Å². The Hall–Kier alpha value is -3.13. The van der Waals surface area contributed by atoms with Gasteiger partial charge in [0.25, 0.3) is 5.91 Å². The van der Waals surface area contributed by atoms with Crippen LogP contribution in [0.25, 0.3) is 0 Å². The molecule has 30 heavy (non-hydrogen) atoms. The van der Waals surface area contributed by atoms with Gasteiger partial charge >= 0.3 is 0 Å². The van der Waals surface area contributed by atoms with Crippen molar-refractivity contribution in [2.24, 2.45) is 0 Å². The van der Waals surface area contributed by atoms with Crippen molar-refractivity contribution in [2.75, 3.05) is 18.4 Å². The summed E-state index contributed by atoms with van der Waals surface area (Å²) in [7, 11) is 0. The molecule has 1 aliphatic rings. The van der Waals surface area contributed by atoms with Crippen molar-refractivity contribution in [3.8, 4) is 5.75 Å². The lowest BCUT2D eigenvalue weighted by Crippen LogP contribution is -2.43. The van der Waals surface area contributed by atoms with E-state index in [0.29, 0.717) is 24.3 Å². The van der Waals surface area contributed by atoms with Crippen molar-refractivity contribution in [3.63, 3.8) is 0 Å². The highest BCUT2D eigenvalue weighted by atomic mass is 32.1. The number of hydrogen-bond donors (Lipinski definition) is 1. The summed E-state index contributed by atoms with van der Waals surface area (Å²) in [6.07, 6.45) is 4.97. The number of nitrogens with one attached hydrogen (secondary N) is 1. The van der Waals surface area contributed by atoms with Crippen LogP contribution in [0.4, 0.5) is 5.69 Å². The smallest absolute Gasteiger partial charge is 0.256 e. The molecule has 156 valence electrons. The lowest BCUT2D eigenvalue weighted by atomic mass is 10.1. The van der Waals surface area contributed by atoms with Gasteiger partial charge in [-0.1, -0.05) is 17.7 Å². The first-order chi connectivity index (χ1) is 14.6. The van der Waals surface area contributed by atoms with Crippen LogP contribution in [0.5, 0.6) is 5.75 Å². The molecule has 3 aromatic rings. The molecule has 0 radical (unpaired) electrons. The standard InChI is InChI=1S/C22H24N4O3S/c1-16-2-4-19(5-3-16)29-20-6-9-25(10-7-20)21(27)14-26-13-18(12-23-26)24-22(28)17-8-11-30-15-17/h2-5,8,11-13,15,20H,6-7,9-10,14H2,1H3,(H,24,28). The Bertz CT molecular complexity index is 990. The third-order valence-electron chi connectivity index (χ3n) is 5.09. The third-order valence-corrected chi connectivity index (χ3v) is 5.77. The number of ether oxygens (including phenoxy) is 1. The van der Waals surface area contributed by atoms with Gasteiger partial charge in [0.15, 0.2) is 0 Å². The van der Waals surface area contributed by atoms with Gasteiger partial charge in [0, 0.05) is 37.5 Å². The zero-order valence-corrected chi connectivity index (χ0v) is 17.6. The zero-order valence-electron chi connectivity index (χ0n) is 16.8. The van der Waals surface area contributed by atoms with Gasteiger partial charge in [0.2, 0.25) is 5.91 Å². The molecule has 0 saturated carbocycles. The first-order valence-corrected chi connectivity index (χ1v) is 10.9. The van der Waals surface area contributed by atoms with Crippen LogP contribution in [0.2, 0.25) is 0 Å². The number of aromatic nitrogens is 2. The molecular weight excluding hydrogens is 400 g/mol. The summed E-state index contributed by atoms with van der Waals surface area (Å²) in [4.78, 5) is 26.6. The Morgan fingerprint density at radius 2 is 1.97 bits per heavy atom. The van der Waals surface area contributed by atoms with E-state index >= 15 is 0 Å². The summed E-state index contributed by atoms with van der Waals surface area (Å²) in [5.74, 6) is 0.708. The van der Waals surface area contributed by atoms with E-state index in [9.17, 15) is 9.59 Å². The van der Waals surface area contributed by atoms with Crippen LogP contribution in [0.3, 0.4) is 0 Å². The summed E-state index contributed by atoms with van der Waals surface area (Å²) in [5.41, 5.74) is 2.39. The average molecular weight is 425 g/mol. The Kier molecular flexibility index (Phi) is 6.13. The summed E-state index contributed by atoms with van der Waals surface area (Å²) in [6.45, 7) is 3.53. The highest BCUT2D eigenvalue weighted by molar-refractivity contribution is 7.08. The quantitative estimate of drug-likeness (QED) is 0.656. The number of likely N-dealkylation sites (tertiary alicyclic amines) is 1. The number of carbonyl (C=O) groups is 2. The van der Waals surface area contributed by atoms with E-state index in [2.05, 4.69) is 10.4 Å². The highest BCUT2D eigenvalue weighted by Gasteiger charge is 2.24. The van der Waals surface area contributed by atoms with Crippen molar-refractivity contribution in [3.05, 3.63) is 64.6 Å². The fourth-order valence-corrected chi connectivity index (χ4v) is 4.02. The SMILES string of the molecule is Cc1ccc(OC2CCN(C(=O)Cn3cc(NC(=O)c4ccsc4)cn3)CC2)cc1. The van der Waals surface area contributed by atoms with Crippen LogP contribution in [-0.2, 0) is 11.3 Å². The molecule has 1 N–H and O–H groups in total. The minimum atomic E-state index is -0.183. The van der Waals surface area contributed by atoms with E-state index in [0.717, 1.165) is 18.6 Å². The number of benzene rings is 1. The average Bonchev–Trinajstić information content (AvgIpc) is 3.43. The largest absolute Gasteiger partial charge is 0.490 e. The number of nitrogens with zero attached hydrogens (tertiary/aromatic N) is 3. The van der Waals surface area contributed by atoms with E-state index < -0.39 is 0 Å². The van der Waals surface area contributed by atoms with E-state index in [-0.39, 0.29) is 24.5 Å². The lowest BCUT2D eigenvalue weighted by molar-refractivity contribution is -0.133. The molecule has 1 aromatic carbocycles. The second-order valence-corrected chi connectivity index (χ2v) is 8.18. The first-order valence-electron chi connectivity index (χ1n) is 9.94. The number of anilines is 1. The molecule has 0 unspecified atom stereocenters. The molecule has 7 nitrogen and oxygen atoms in total. The number of amides is 2. The Labute approximate surface area is 179 Å². The normalized spacial score (nSPS) is 14.5. The molecule has 3 heterocycles. The minimum Gasteiger partial charge on any atom is -0.490 e. The van der Waals surface area contributed by atoms with Crippen LogP contribution in [0.1, 0.15) is 28.8 Å². The Balaban J connectivity index is 1.24. The molecule has 4 rings (SSSR count). The molecule has 0 aliphatic carbocycles. The molecule has 0 spiro atoms. The van der Waals surface area contributed by atoms with Crippen molar-refractivity contribution < 1.29 is 14.3 Å². The molecule has 8 heteroatoms. The summed E-state index contributed by atoms with van der Waals surface area (Å²) in [6, 6.07) is 9.81.